The molecular formula is C15H14N4O. The normalized spacial score (nSPS) is 10.6. The molecule has 20 heavy (non-hydrogen) atoms. The molecule has 3 aromatic rings. The number of carbonyl (C=O) groups excluding carboxylic acids is 1. The molecule has 0 unspecified atom stereocenters. The summed E-state index contributed by atoms with van der Waals surface area (Å²) in [6.07, 6.45) is 1.80. The number of aromatic nitrogens is 2. The Kier molecular flexibility index (Phi) is 3.09. The van der Waals surface area contributed by atoms with E-state index in [0.717, 1.165) is 16.7 Å². The van der Waals surface area contributed by atoms with Gasteiger partial charge in [0.05, 0.1) is 24.0 Å². The molecule has 0 bridgehead atoms. The van der Waals surface area contributed by atoms with Gasteiger partial charge in [0.25, 0.3) is 0 Å². The molecule has 100 valence electrons. The number of nitrogens with two attached hydrogens (primary N) is 1. The van der Waals surface area contributed by atoms with Crippen LogP contribution in [0.3, 0.4) is 0 Å². The third kappa shape index (κ3) is 2.33. The van der Waals surface area contributed by atoms with Crippen LogP contribution in [0.1, 0.15) is 10.4 Å². The van der Waals surface area contributed by atoms with Crippen molar-refractivity contribution >= 4 is 22.6 Å². The summed E-state index contributed by atoms with van der Waals surface area (Å²) in [6, 6.07) is 15.0. The monoisotopic (exact) mass is 266 g/mol. The number of nitrogens with zero attached hydrogens (tertiary/aromatic N) is 2. The van der Waals surface area contributed by atoms with Crippen LogP contribution in [-0.2, 0) is 6.67 Å². The van der Waals surface area contributed by atoms with E-state index in [-0.39, 0.29) is 0 Å². The van der Waals surface area contributed by atoms with Crippen LogP contribution in [0.25, 0.3) is 11.0 Å². The number of amides is 1. The van der Waals surface area contributed by atoms with Gasteiger partial charge in [0.1, 0.15) is 0 Å². The number of primary amides is 1. The minimum atomic E-state index is -0.419. The summed E-state index contributed by atoms with van der Waals surface area (Å²) in [5, 5.41) is 3.28. The standard InChI is InChI=1S/C15H14N4O/c16-15(20)11-5-7-12(8-6-11)17-9-19-10-18-13-3-1-2-4-14(13)19/h1-8,10,17H,9H2,(H2,16,20). The van der Waals surface area contributed by atoms with E-state index in [4.69, 9.17) is 5.73 Å². The highest BCUT2D eigenvalue weighted by molar-refractivity contribution is 5.93. The van der Waals surface area contributed by atoms with Gasteiger partial charge in [0.15, 0.2) is 0 Å². The van der Waals surface area contributed by atoms with Crippen molar-refractivity contribution in [3.05, 3.63) is 60.4 Å². The van der Waals surface area contributed by atoms with E-state index in [1.54, 1.807) is 18.5 Å². The zero-order valence-corrected chi connectivity index (χ0v) is 10.8. The summed E-state index contributed by atoms with van der Waals surface area (Å²) in [5.74, 6) is -0.419. The zero-order valence-electron chi connectivity index (χ0n) is 10.8. The number of carbonyl (C=O) groups is 1. The van der Waals surface area contributed by atoms with Crippen LogP contribution in [0.15, 0.2) is 54.9 Å². The van der Waals surface area contributed by atoms with E-state index >= 15 is 0 Å². The lowest BCUT2D eigenvalue weighted by atomic mass is 10.2. The summed E-state index contributed by atoms with van der Waals surface area (Å²) in [7, 11) is 0. The van der Waals surface area contributed by atoms with E-state index < -0.39 is 5.91 Å². The van der Waals surface area contributed by atoms with Gasteiger partial charge in [-0.3, -0.25) is 4.79 Å². The second-order valence-corrected chi connectivity index (χ2v) is 4.48. The summed E-state index contributed by atoms with van der Waals surface area (Å²) in [6.45, 7) is 0.608. The first-order chi connectivity index (χ1) is 9.74. The molecule has 0 fully saturated rings. The van der Waals surface area contributed by atoms with E-state index in [2.05, 4.69) is 10.3 Å². The van der Waals surface area contributed by atoms with Gasteiger partial charge in [-0.2, -0.15) is 0 Å². The Morgan fingerprint density at radius 2 is 1.90 bits per heavy atom. The fourth-order valence-electron chi connectivity index (χ4n) is 2.07. The van der Waals surface area contributed by atoms with Crippen molar-refractivity contribution in [1.82, 2.24) is 9.55 Å². The summed E-state index contributed by atoms with van der Waals surface area (Å²) in [4.78, 5) is 15.3. The topological polar surface area (TPSA) is 72.9 Å². The Morgan fingerprint density at radius 3 is 2.65 bits per heavy atom. The Hall–Kier alpha value is -2.82. The molecule has 0 radical (unpaired) electrons. The van der Waals surface area contributed by atoms with Crippen molar-refractivity contribution in [3.63, 3.8) is 0 Å². The molecule has 0 aliphatic heterocycles. The molecule has 0 aliphatic rings. The Labute approximate surface area is 116 Å². The van der Waals surface area contributed by atoms with Gasteiger partial charge in [-0.25, -0.2) is 4.98 Å². The van der Waals surface area contributed by atoms with Crippen molar-refractivity contribution < 1.29 is 4.79 Å². The Morgan fingerprint density at radius 1 is 1.15 bits per heavy atom. The fourth-order valence-corrected chi connectivity index (χ4v) is 2.07. The molecule has 0 saturated carbocycles. The maximum Gasteiger partial charge on any atom is 0.248 e. The molecule has 1 aromatic heterocycles. The van der Waals surface area contributed by atoms with Gasteiger partial charge in [-0.1, -0.05) is 12.1 Å². The van der Waals surface area contributed by atoms with Gasteiger partial charge >= 0.3 is 0 Å². The average Bonchev–Trinajstić information content (AvgIpc) is 2.89. The molecule has 1 amide bonds. The maximum atomic E-state index is 11.0. The number of fused-ring (bicyclic) bond motifs is 1. The van der Waals surface area contributed by atoms with Gasteiger partial charge in [-0.15, -0.1) is 0 Å². The third-order valence-corrected chi connectivity index (χ3v) is 3.15. The van der Waals surface area contributed by atoms with Crippen molar-refractivity contribution in [2.45, 2.75) is 6.67 Å². The third-order valence-electron chi connectivity index (χ3n) is 3.15. The lowest BCUT2D eigenvalue weighted by Crippen LogP contribution is -2.11. The zero-order chi connectivity index (χ0) is 13.9. The highest BCUT2D eigenvalue weighted by atomic mass is 16.1. The maximum absolute atomic E-state index is 11.0. The van der Waals surface area contributed by atoms with Crippen LogP contribution >= 0.6 is 0 Å². The van der Waals surface area contributed by atoms with Gasteiger partial charge < -0.3 is 15.6 Å². The summed E-state index contributed by atoms with van der Waals surface area (Å²) >= 11 is 0. The number of anilines is 1. The summed E-state index contributed by atoms with van der Waals surface area (Å²) < 4.78 is 2.03. The smallest absolute Gasteiger partial charge is 0.248 e. The predicted molar refractivity (Wildman–Crippen MR) is 78.3 cm³/mol. The van der Waals surface area contributed by atoms with Crippen molar-refractivity contribution in [3.8, 4) is 0 Å². The van der Waals surface area contributed by atoms with E-state index in [1.165, 1.54) is 0 Å². The molecular weight excluding hydrogens is 252 g/mol. The number of rotatable bonds is 4. The molecule has 0 aliphatic carbocycles. The van der Waals surface area contributed by atoms with E-state index in [9.17, 15) is 4.79 Å². The summed E-state index contributed by atoms with van der Waals surface area (Å²) in [5.41, 5.74) is 8.68. The first-order valence-electron chi connectivity index (χ1n) is 6.27. The number of nitrogens with one attached hydrogen (secondary N) is 1. The van der Waals surface area contributed by atoms with Gasteiger partial charge in [0.2, 0.25) is 5.91 Å². The Balaban J connectivity index is 1.74. The predicted octanol–water partition coefficient (Wildman–Crippen LogP) is 2.20. The highest BCUT2D eigenvalue weighted by Crippen LogP contribution is 2.13. The number of hydrogen-bond acceptors (Lipinski definition) is 3. The van der Waals surface area contributed by atoms with Crippen LogP contribution in [0, 0.1) is 0 Å². The van der Waals surface area contributed by atoms with Crippen molar-refractivity contribution in [2.75, 3.05) is 5.32 Å². The number of imidazole rings is 1. The second kappa shape index (κ2) is 5.05. The second-order valence-electron chi connectivity index (χ2n) is 4.48. The largest absolute Gasteiger partial charge is 0.367 e. The molecule has 3 rings (SSSR count). The minimum Gasteiger partial charge on any atom is -0.367 e. The van der Waals surface area contributed by atoms with Crippen LogP contribution in [0.4, 0.5) is 5.69 Å². The molecule has 2 aromatic carbocycles. The lowest BCUT2D eigenvalue weighted by Gasteiger charge is -2.08. The number of hydrogen-bond donors (Lipinski definition) is 2. The van der Waals surface area contributed by atoms with Crippen LogP contribution in [0.2, 0.25) is 0 Å². The molecule has 5 heteroatoms. The number of para-hydroxylation sites is 2. The molecule has 0 saturated heterocycles. The van der Waals surface area contributed by atoms with Gasteiger partial charge in [0, 0.05) is 11.3 Å². The first kappa shape index (κ1) is 12.2. The van der Waals surface area contributed by atoms with E-state index in [1.807, 2.05) is 41.0 Å². The van der Waals surface area contributed by atoms with Crippen LogP contribution < -0.4 is 11.1 Å². The lowest BCUT2D eigenvalue weighted by molar-refractivity contribution is 0.100. The van der Waals surface area contributed by atoms with Crippen molar-refractivity contribution in [2.24, 2.45) is 5.73 Å². The van der Waals surface area contributed by atoms with Crippen molar-refractivity contribution in [1.29, 1.82) is 0 Å². The van der Waals surface area contributed by atoms with E-state index in [0.29, 0.717) is 12.2 Å². The van der Waals surface area contributed by atoms with Gasteiger partial charge in [-0.05, 0) is 36.4 Å². The number of benzene rings is 2. The SMILES string of the molecule is NC(=O)c1ccc(NCn2cnc3ccccc32)cc1. The van der Waals surface area contributed by atoms with Crippen LogP contribution in [0.5, 0.6) is 0 Å². The molecule has 3 N–H and O–H groups in total. The first-order valence-corrected chi connectivity index (χ1v) is 6.27. The average molecular weight is 266 g/mol. The quantitative estimate of drug-likeness (QED) is 0.760. The minimum absolute atomic E-state index is 0.419. The molecule has 1 heterocycles. The van der Waals surface area contributed by atoms with Crippen LogP contribution in [-0.4, -0.2) is 15.5 Å². The Bertz CT molecular complexity index is 746. The molecule has 0 atom stereocenters. The molecule has 0 spiro atoms. The molecule has 5 nitrogen and oxygen atoms in total. The fraction of sp³-hybridized carbons (Fsp3) is 0.0667. The highest BCUT2D eigenvalue weighted by Gasteiger charge is 2.02.